The van der Waals surface area contributed by atoms with E-state index in [-0.39, 0.29) is 5.91 Å². The number of hydrogen-bond acceptors (Lipinski definition) is 1. The number of hydrogen-bond donors (Lipinski definition) is 0. The lowest BCUT2D eigenvalue weighted by atomic mass is 9.90. The largest absolute Gasteiger partial charge is 0.339 e. The maximum atomic E-state index is 13.9. The maximum absolute atomic E-state index is 13.9. The van der Waals surface area contributed by atoms with Gasteiger partial charge in [-0.15, -0.1) is 0 Å². The molecular weight excluding hydrogens is 440 g/mol. The van der Waals surface area contributed by atoms with Gasteiger partial charge in [0.05, 0.1) is 0 Å². The minimum atomic E-state index is 0.125. The van der Waals surface area contributed by atoms with Crippen LogP contribution in [0.4, 0.5) is 0 Å². The molecule has 0 radical (unpaired) electrons. The summed E-state index contributed by atoms with van der Waals surface area (Å²) in [5.41, 5.74) is 6.56. The quantitative estimate of drug-likeness (QED) is 0.304. The molecule has 1 aliphatic heterocycles. The number of fused-ring (bicyclic) bond motifs is 1. The first-order valence-electron chi connectivity index (χ1n) is 12.3. The molecule has 0 atom stereocenters. The number of carbonyl (C=O) groups excluding carboxylic acids is 1. The van der Waals surface area contributed by atoms with Crippen LogP contribution in [-0.2, 0) is 19.9 Å². The van der Waals surface area contributed by atoms with Crippen molar-refractivity contribution in [1.29, 1.82) is 0 Å². The first-order chi connectivity index (χ1) is 16.5. The molecule has 3 aromatic carbocycles. The summed E-state index contributed by atoms with van der Waals surface area (Å²) in [5, 5.41) is 1.83. The van der Waals surface area contributed by atoms with Crippen molar-refractivity contribution >= 4 is 28.4 Å². The molecule has 34 heavy (non-hydrogen) atoms. The molecular formula is C30H31ClN2O. The summed E-state index contributed by atoms with van der Waals surface area (Å²) in [6, 6.07) is 25.1. The summed E-state index contributed by atoms with van der Waals surface area (Å²) in [5.74, 6) is 0.752. The first kappa shape index (κ1) is 22.7. The molecule has 1 fully saturated rings. The molecule has 5 rings (SSSR count). The molecule has 2 heterocycles. The monoisotopic (exact) mass is 470 g/mol. The summed E-state index contributed by atoms with van der Waals surface area (Å²) < 4.78 is 2.08. The Morgan fingerprint density at radius 3 is 2.32 bits per heavy atom. The SMILES string of the molecule is CCc1ccc2c(c1)c(-c1ccc(Cl)cc1)c(C(=O)N1CCC(Cc3ccccc3)CC1)n2C. The van der Waals surface area contributed by atoms with E-state index >= 15 is 0 Å². The van der Waals surface area contributed by atoms with E-state index in [0.29, 0.717) is 10.9 Å². The molecule has 0 spiro atoms. The Labute approximate surface area is 207 Å². The summed E-state index contributed by atoms with van der Waals surface area (Å²) in [6.45, 7) is 3.77. The van der Waals surface area contributed by atoms with E-state index in [2.05, 4.69) is 64.9 Å². The third-order valence-corrected chi connectivity index (χ3v) is 7.53. The van der Waals surface area contributed by atoms with Crippen molar-refractivity contribution in [2.75, 3.05) is 13.1 Å². The van der Waals surface area contributed by atoms with E-state index in [1.807, 2.05) is 31.3 Å². The van der Waals surface area contributed by atoms with Gasteiger partial charge in [0.25, 0.3) is 5.91 Å². The Hall–Kier alpha value is -3.04. The fourth-order valence-corrected chi connectivity index (χ4v) is 5.43. The molecule has 0 aliphatic carbocycles. The van der Waals surface area contributed by atoms with Crippen LogP contribution in [0.5, 0.6) is 0 Å². The van der Waals surface area contributed by atoms with Crippen LogP contribution in [0.1, 0.15) is 41.4 Å². The smallest absolute Gasteiger partial charge is 0.271 e. The van der Waals surface area contributed by atoms with Gasteiger partial charge in [-0.2, -0.15) is 0 Å². The number of carbonyl (C=O) groups is 1. The number of benzene rings is 3. The lowest BCUT2D eigenvalue weighted by Crippen LogP contribution is -2.39. The highest BCUT2D eigenvalue weighted by Crippen LogP contribution is 2.37. The van der Waals surface area contributed by atoms with Crippen LogP contribution in [0.2, 0.25) is 5.02 Å². The minimum Gasteiger partial charge on any atom is -0.339 e. The molecule has 4 heteroatoms. The second-order valence-electron chi connectivity index (χ2n) is 9.42. The van der Waals surface area contributed by atoms with E-state index in [1.54, 1.807) is 0 Å². The fourth-order valence-electron chi connectivity index (χ4n) is 5.31. The summed E-state index contributed by atoms with van der Waals surface area (Å²) in [6.07, 6.45) is 4.14. The molecule has 0 N–H and O–H groups in total. The van der Waals surface area contributed by atoms with Gasteiger partial charge in [-0.3, -0.25) is 4.79 Å². The number of halogens is 1. The molecule has 174 valence electrons. The van der Waals surface area contributed by atoms with Crippen molar-refractivity contribution in [3.8, 4) is 11.1 Å². The zero-order chi connectivity index (χ0) is 23.7. The second-order valence-corrected chi connectivity index (χ2v) is 9.86. The van der Waals surface area contributed by atoms with Gasteiger partial charge < -0.3 is 9.47 Å². The Balaban J connectivity index is 1.47. The lowest BCUT2D eigenvalue weighted by Gasteiger charge is -2.32. The van der Waals surface area contributed by atoms with Crippen LogP contribution in [0.15, 0.2) is 72.8 Å². The Morgan fingerprint density at radius 1 is 0.941 bits per heavy atom. The molecule has 0 bridgehead atoms. The van der Waals surface area contributed by atoms with Crippen LogP contribution in [-0.4, -0.2) is 28.5 Å². The highest BCUT2D eigenvalue weighted by Gasteiger charge is 2.29. The summed E-state index contributed by atoms with van der Waals surface area (Å²) in [7, 11) is 2.02. The molecule has 1 aliphatic rings. The number of aromatic nitrogens is 1. The zero-order valence-corrected chi connectivity index (χ0v) is 20.7. The number of aryl methyl sites for hydroxylation is 2. The summed E-state index contributed by atoms with van der Waals surface area (Å²) in [4.78, 5) is 16.0. The van der Waals surface area contributed by atoms with Gasteiger partial charge >= 0.3 is 0 Å². The van der Waals surface area contributed by atoms with Gasteiger partial charge in [-0.1, -0.05) is 67.1 Å². The minimum absolute atomic E-state index is 0.125. The molecule has 4 aromatic rings. The van der Waals surface area contributed by atoms with E-state index in [4.69, 9.17) is 11.6 Å². The van der Waals surface area contributed by atoms with E-state index in [1.165, 1.54) is 11.1 Å². The molecule has 1 saturated heterocycles. The van der Waals surface area contributed by atoms with Crippen LogP contribution in [0.3, 0.4) is 0 Å². The predicted octanol–water partition coefficient (Wildman–Crippen LogP) is 7.16. The number of rotatable bonds is 5. The molecule has 1 amide bonds. The predicted molar refractivity (Wildman–Crippen MR) is 142 cm³/mol. The second kappa shape index (κ2) is 9.68. The lowest BCUT2D eigenvalue weighted by molar-refractivity contribution is 0.0682. The van der Waals surface area contributed by atoms with E-state index in [0.717, 1.165) is 66.5 Å². The van der Waals surface area contributed by atoms with Gasteiger partial charge in [-0.25, -0.2) is 0 Å². The van der Waals surface area contributed by atoms with Crippen molar-refractivity contribution in [3.63, 3.8) is 0 Å². The number of likely N-dealkylation sites (tertiary alicyclic amines) is 1. The van der Waals surface area contributed by atoms with Gasteiger partial charge in [0.1, 0.15) is 5.69 Å². The topological polar surface area (TPSA) is 25.2 Å². The highest BCUT2D eigenvalue weighted by molar-refractivity contribution is 6.30. The third kappa shape index (κ3) is 4.37. The van der Waals surface area contributed by atoms with Crippen LogP contribution in [0, 0.1) is 5.92 Å². The molecule has 0 unspecified atom stereocenters. The van der Waals surface area contributed by atoms with Gasteiger partial charge in [0.15, 0.2) is 0 Å². The number of amides is 1. The Bertz CT molecular complexity index is 1300. The zero-order valence-electron chi connectivity index (χ0n) is 19.9. The van der Waals surface area contributed by atoms with Crippen molar-refractivity contribution < 1.29 is 4.79 Å². The van der Waals surface area contributed by atoms with E-state index < -0.39 is 0 Å². The normalized spacial score (nSPS) is 14.6. The van der Waals surface area contributed by atoms with Crippen molar-refractivity contribution in [2.24, 2.45) is 13.0 Å². The van der Waals surface area contributed by atoms with Gasteiger partial charge in [0.2, 0.25) is 0 Å². The Kier molecular flexibility index (Phi) is 6.47. The number of piperidine rings is 1. The molecule has 1 aromatic heterocycles. The van der Waals surface area contributed by atoms with Crippen molar-refractivity contribution in [3.05, 3.63) is 94.6 Å². The van der Waals surface area contributed by atoms with Crippen molar-refractivity contribution in [2.45, 2.75) is 32.6 Å². The van der Waals surface area contributed by atoms with Crippen molar-refractivity contribution in [1.82, 2.24) is 9.47 Å². The summed E-state index contributed by atoms with van der Waals surface area (Å²) >= 11 is 6.19. The van der Waals surface area contributed by atoms with E-state index in [9.17, 15) is 4.79 Å². The van der Waals surface area contributed by atoms with Crippen LogP contribution in [0.25, 0.3) is 22.0 Å². The van der Waals surface area contributed by atoms with Gasteiger partial charge in [0, 0.05) is 41.6 Å². The average Bonchev–Trinajstić information content (AvgIpc) is 3.16. The third-order valence-electron chi connectivity index (χ3n) is 7.28. The first-order valence-corrected chi connectivity index (χ1v) is 12.6. The van der Waals surface area contributed by atoms with Crippen LogP contribution < -0.4 is 0 Å². The highest BCUT2D eigenvalue weighted by atomic mass is 35.5. The van der Waals surface area contributed by atoms with Crippen LogP contribution >= 0.6 is 11.6 Å². The maximum Gasteiger partial charge on any atom is 0.271 e. The molecule has 0 saturated carbocycles. The number of nitrogens with zero attached hydrogens (tertiary/aromatic N) is 2. The average molecular weight is 471 g/mol. The fraction of sp³-hybridized carbons (Fsp3) is 0.300. The van der Waals surface area contributed by atoms with Gasteiger partial charge in [-0.05, 0) is 72.6 Å². The molecule has 3 nitrogen and oxygen atoms in total. The Morgan fingerprint density at radius 2 is 1.65 bits per heavy atom. The standard InChI is InChI=1S/C30H31ClN2O/c1-3-21-9-14-27-26(20-21)28(24-10-12-25(31)13-11-24)29(32(27)2)30(34)33-17-15-23(16-18-33)19-22-7-5-4-6-8-22/h4-14,20,23H,3,15-19H2,1-2H3.